The summed E-state index contributed by atoms with van der Waals surface area (Å²) in [6, 6.07) is 9.41. The molecule has 192 valence electrons. The summed E-state index contributed by atoms with van der Waals surface area (Å²) in [5, 5.41) is 8.25. The van der Waals surface area contributed by atoms with E-state index >= 15 is 0 Å². The summed E-state index contributed by atoms with van der Waals surface area (Å²) in [7, 11) is 0. The van der Waals surface area contributed by atoms with Crippen molar-refractivity contribution in [3.8, 4) is 0 Å². The third-order valence-electron chi connectivity index (χ3n) is 3.16. The summed E-state index contributed by atoms with van der Waals surface area (Å²) in [6.07, 6.45) is -0.145. The molecule has 9 heteroatoms. The molecule has 0 saturated heterocycles. The van der Waals surface area contributed by atoms with Gasteiger partial charge in [0.05, 0.1) is 25.7 Å². The van der Waals surface area contributed by atoms with Crippen molar-refractivity contribution in [3.05, 3.63) is 43.3 Å². The molecule has 0 atom stereocenters. The van der Waals surface area contributed by atoms with E-state index < -0.39 is 29.1 Å². The van der Waals surface area contributed by atoms with Gasteiger partial charge in [0.25, 0.3) is 0 Å². The predicted molar refractivity (Wildman–Crippen MR) is 120 cm³/mol. The predicted octanol–water partition coefficient (Wildman–Crippen LogP) is 4.49. The maximum atomic E-state index is 11.5. The van der Waals surface area contributed by atoms with Gasteiger partial charge in [-0.2, -0.15) is 0 Å². The molecular formula is C24H37O8Pd-. The van der Waals surface area contributed by atoms with Gasteiger partial charge in [-0.15, -0.1) is 0 Å². The monoisotopic (exact) mass is 559 g/mol. The average molecular weight is 560 g/mol. The number of carbonyl (C=O) groups is 4. The first-order chi connectivity index (χ1) is 14.2. The van der Waals surface area contributed by atoms with Gasteiger partial charge in [0.2, 0.25) is 0 Å². The van der Waals surface area contributed by atoms with Crippen LogP contribution in [0.1, 0.15) is 72.8 Å². The molecule has 1 N–H and O–H groups in total. The van der Waals surface area contributed by atoms with E-state index in [0.29, 0.717) is 0 Å². The summed E-state index contributed by atoms with van der Waals surface area (Å²) < 4.78 is 15.1. The Morgan fingerprint density at radius 3 is 1.52 bits per heavy atom. The van der Waals surface area contributed by atoms with Gasteiger partial charge in [0, 0.05) is 20.4 Å². The van der Waals surface area contributed by atoms with Gasteiger partial charge in [0.15, 0.2) is 0 Å². The Bertz CT molecular complexity index is 718. The summed E-state index contributed by atoms with van der Waals surface area (Å²) in [5.74, 6) is -2.23. The molecule has 0 aromatic heterocycles. The zero-order valence-corrected chi connectivity index (χ0v) is 22.1. The normalized spacial score (nSPS) is 10.2. The Balaban J connectivity index is -0.000000564. The van der Waals surface area contributed by atoms with Crippen molar-refractivity contribution in [2.75, 3.05) is 0 Å². The standard InChI is InChI=1S/C15H20O4.C8H14O4.CH3.Pd/c1-15(2,3)19-14(17)10-9-13(16)18-11-12-7-5-4-6-8-12;1-8(2,3)12-7(11)5-4-6(9)10;;/h4-8H,9-11H2,1-3H3;4-5H2,1-3H3,(H,9,10);1H3;/q;;-1;. The average Bonchev–Trinajstić information content (AvgIpc) is 2.62. The van der Waals surface area contributed by atoms with E-state index in [1.165, 1.54) is 0 Å². The van der Waals surface area contributed by atoms with Crippen molar-refractivity contribution in [2.45, 2.75) is 85.0 Å². The second-order valence-corrected chi connectivity index (χ2v) is 8.71. The van der Waals surface area contributed by atoms with E-state index in [1.54, 1.807) is 41.5 Å². The molecule has 33 heavy (non-hydrogen) atoms. The number of hydrogen-bond donors (Lipinski definition) is 1. The summed E-state index contributed by atoms with van der Waals surface area (Å²) in [5.41, 5.74) is -0.131. The third kappa shape index (κ3) is 24.2. The smallest absolute Gasteiger partial charge is 0.306 e. The maximum absolute atomic E-state index is 11.5. The fourth-order valence-corrected chi connectivity index (χ4v) is 2.01. The van der Waals surface area contributed by atoms with Gasteiger partial charge in [0.1, 0.15) is 17.8 Å². The van der Waals surface area contributed by atoms with Crippen LogP contribution in [0, 0.1) is 7.43 Å². The van der Waals surface area contributed by atoms with Crippen molar-refractivity contribution in [2.24, 2.45) is 0 Å². The zero-order valence-electron chi connectivity index (χ0n) is 20.5. The van der Waals surface area contributed by atoms with Crippen LogP contribution in [0.2, 0.25) is 0 Å². The Kier molecular flexibility index (Phi) is 18.5. The van der Waals surface area contributed by atoms with E-state index in [-0.39, 0.29) is 66.1 Å². The van der Waals surface area contributed by atoms with E-state index in [9.17, 15) is 19.2 Å². The van der Waals surface area contributed by atoms with Gasteiger partial charge in [-0.25, -0.2) is 0 Å². The molecule has 0 radical (unpaired) electrons. The number of carbonyl (C=O) groups excluding carboxylic acids is 3. The number of aliphatic carboxylic acids is 1. The van der Waals surface area contributed by atoms with Crippen LogP contribution in [-0.4, -0.2) is 40.2 Å². The van der Waals surface area contributed by atoms with Crippen molar-refractivity contribution in [1.29, 1.82) is 0 Å². The molecule has 0 fully saturated rings. The Hall–Kier alpha value is -2.24. The van der Waals surface area contributed by atoms with E-state index in [0.717, 1.165) is 5.56 Å². The summed E-state index contributed by atoms with van der Waals surface area (Å²) >= 11 is 0. The van der Waals surface area contributed by atoms with Crippen molar-refractivity contribution in [3.63, 3.8) is 0 Å². The quantitative estimate of drug-likeness (QED) is 0.214. The Morgan fingerprint density at radius 1 is 0.727 bits per heavy atom. The van der Waals surface area contributed by atoms with Gasteiger partial charge in [-0.3, -0.25) is 19.2 Å². The molecule has 0 spiro atoms. The minimum atomic E-state index is -0.985. The molecule has 1 rings (SSSR count). The number of carboxylic acids is 1. The second kappa shape index (κ2) is 17.3. The topological polar surface area (TPSA) is 116 Å². The first-order valence-electron chi connectivity index (χ1n) is 10.0. The van der Waals surface area contributed by atoms with Crippen LogP contribution in [0.3, 0.4) is 0 Å². The van der Waals surface area contributed by atoms with Gasteiger partial charge >= 0.3 is 23.9 Å². The molecule has 0 saturated carbocycles. The molecule has 0 amide bonds. The SMILES string of the molecule is CC(C)(C)OC(=O)CCC(=O)O.CC(C)(C)OC(=O)CCC(=O)OCc1ccccc1.[CH3-].[Pd]. The molecule has 8 nitrogen and oxygen atoms in total. The van der Waals surface area contributed by atoms with Crippen LogP contribution in [-0.2, 0) is 60.4 Å². The number of rotatable bonds is 8. The molecule has 0 aliphatic heterocycles. The molecule has 0 unspecified atom stereocenters. The first-order valence-corrected chi connectivity index (χ1v) is 10.0. The van der Waals surface area contributed by atoms with Crippen molar-refractivity contribution >= 4 is 23.9 Å². The Morgan fingerprint density at radius 2 is 1.12 bits per heavy atom. The van der Waals surface area contributed by atoms with E-state index in [4.69, 9.17) is 19.3 Å². The third-order valence-corrected chi connectivity index (χ3v) is 3.16. The maximum Gasteiger partial charge on any atom is 0.306 e. The van der Waals surface area contributed by atoms with Gasteiger partial charge in [-0.1, -0.05) is 30.3 Å². The molecule has 1 aromatic carbocycles. The number of esters is 3. The van der Waals surface area contributed by atoms with E-state index in [1.807, 2.05) is 30.3 Å². The van der Waals surface area contributed by atoms with Gasteiger partial charge < -0.3 is 26.7 Å². The molecule has 0 aliphatic carbocycles. The number of benzene rings is 1. The molecule has 0 aliphatic rings. The molecule has 1 aromatic rings. The first kappa shape index (κ1) is 35.4. The number of hydrogen-bond acceptors (Lipinski definition) is 7. The second-order valence-electron chi connectivity index (χ2n) is 8.71. The van der Waals surface area contributed by atoms with Crippen LogP contribution < -0.4 is 0 Å². The van der Waals surface area contributed by atoms with E-state index in [2.05, 4.69) is 0 Å². The summed E-state index contributed by atoms with van der Waals surface area (Å²) in [6.45, 7) is 10.8. The largest absolute Gasteiger partial charge is 0.481 e. The fraction of sp³-hybridized carbons (Fsp3) is 0.542. The minimum Gasteiger partial charge on any atom is -0.481 e. The number of ether oxygens (including phenoxy) is 3. The molecule has 0 heterocycles. The van der Waals surface area contributed by atoms with Crippen LogP contribution >= 0.6 is 0 Å². The molecule has 0 bridgehead atoms. The van der Waals surface area contributed by atoms with Gasteiger partial charge in [-0.05, 0) is 47.1 Å². The van der Waals surface area contributed by atoms with Crippen molar-refractivity contribution < 1.29 is 58.9 Å². The van der Waals surface area contributed by atoms with Crippen LogP contribution in [0.4, 0.5) is 0 Å². The Labute approximate surface area is 211 Å². The molecular weight excluding hydrogens is 523 g/mol. The minimum absolute atomic E-state index is 0. The van der Waals surface area contributed by atoms with Crippen LogP contribution in [0.5, 0.6) is 0 Å². The van der Waals surface area contributed by atoms with Crippen LogP contribution in [0.15, 0.2) is 30.3 Å². The zero-order chi connectivity index (χ0) is 24.1. The summed E-state index contributed by atoms with van der Waals surface area (Å²) in [4.78, 5) is 43.8. The van der Waals surface area contributed by atoms with Crippen molar-refractivity contribution in [1.82, 2.24) is 0 Å². The number of carboxylic acid groups (broad SMARTS) is 1. The fourth-order valence-electron chi connectivity index (χ4n) is 2.01. The van der Waals surface area contributed by atoms with Crippen LogP contribution in [0.25, 0.3) is 0 Å².